The molecule has 1 aliphatic rings. The van der Waals surface area contributed by atoms with Crippen LogP contribution in [0.3, 0.4) is 0 Å². The number of sulfonamides is 1. The largest absolute Gasteiger partial charge is 0.300 e. The Labute approximate surface area is 101 Å². The van der Waals surface area contributed by atoms with Crippen LogP contribution in [0.1, 0.15) is 13.8 Å². The van der Waals surface area contributed by atoms with Crippen molar-refractivity contribution in [2.24, 2.45) is 5.92 Å². The average molecular weight is 299 g/mol. The molecule has 0 N–H and O–H groups in total. The summed E-state index contributed by atoms with van der Waals surface area (Å²) in [5, 5.41) is 0. The molecule has 0 aromatic carbocycles. The van der Waals surface area contributed by atoms with E-state index in [1.165, 1.54) is 0 Å². The summed E-state index contributed by atoms with van der Waals surface area (Å²) in [5.74, 6) is 0.643. The molecule has 0 unspecified atom stereocenters. The first kappa shape index (κ1) is 13.4. The van der Waals surface area contributed by atoms with E-state index in [0.717, 1.165) is 19.6 Å². The van der Waals surface area contributed by atoms with Gasteiger partial charge >= 0.3 is 0 Å². The van der Waals surface area contributed by atoms with E-state index >= 15 is 0 Å². The summed E-state index contributed by atoms with van der Waals surface area (Å²) in [4.78, 5) is 2.32. The Kier molecular flexibility index (Phi) is 5.02. The van der Waals surface area contributed by atoms with Crippen molar-refractivity contribution in [3.05, 3.63) is 0 Å². The number of rotatable bonds is 4. The average Bonchev–Trinajstić information content (AvgIpc) is 2.18. The van der Waals surface area contributed by atoms with Crippen LogP contribution in [0.4, 0.5) is 0 Å². The minimum absolute atomic E-state index is 0.0319. The lowest BCUT2D eigenvalue weighted by molar-refractivity contribution is 0.172. The van der Waals surface area contributed by atoms with Crippen molar-refractivity contribution < 1.29 is 8.42 Å². The van der Waals surface area contributed by atoms with Gasteiger partial charge in [-0.25, -0.2) is 8.42 Å². The quantitative estimate of drug-likeness (QED) is 0.726. The Bertz CT molecular complexity index is 284. The van der Waals surface area contributed by atoms with E-state index in [4.69, 9.17) is 0 Å². The third kappa shape index (κ3) is 4.01. The first-order valence-electron chi connectivity index (χ1n) is 5.22. The summed E-state index contributed by atoms with van der Waals surface area (Å²) >= 11 is 3.02. The van der Waals surface area contributed by atoms with Crippen LogP contribution in [-0.4, -0.2) is 55.0 Å². The molecule has 0 aromatic rings. The van der Waals surface area contributed by atoms with Crippen molar-refractivity contribution in [2.75, 3.05) is 37.4 Å². The standard InChI is InChI=1S/C9H19BrN2O2S/c1-9(2)7-11-3-5-12(6-4-11)15(13,14)8-10/h9H,3-8H2,1-2H3. The SMILES string of the molecule is CC(C)CN1CCN(S(=O)(=O)CBr)CC1. The van der Waals surface area contributed by atoms with Crippen LogP contribution in [0.15, 0.2) is 0 Å². The molecule has 1 heterocycles. The molecule has 4 nitrogen and oxygen atoms in total. The van der Waals surface area contributed by atoms with Crippen molar-refractivity contribution in [3.63, 3.8) is 0 Å². The van der Waals surface area contributed by atoms with E-state index in [-0.39, 0.29) is 4.66 Å². The highest BCUT2D eigenvalue weighted by atomic mass is 79.9. The number of alkyl halides is 1. The van der Waals surface area contributed by atoms with Crippen molar-refractivity contribution in [1.29, 1.82) is 0 Å². The zero-order valence-electron chi connectivity index (χ0n) is 9.32. The molecule has 0 saturated carbocycles. The predicted octanol–water partition coefficient (Wildman–Crippen LogP) is 0.942. The summed E-state index contributed by atoms with van der Waals surface area (Å²) in [6, 6.07) is 0. The van der Waals surface area contributed by atoms with E-state index in [2.05, 4.69) is 34.7 Å². The van der Waals surface area contributed by atoms with E-state index in [1.54, 1.807) is 4.31 Å². The molecule has 1 aliphatic heterocycles. The first-order valence-corrected chi connectivity index (χ1v) is 7.95. The van der Waals surface area contributed by atoms with Gasteiger partial charge in [0.15, 0.2) is 0 Å². The van der Waals surface area contributed by atoms with Gasteiger partial charge in [0.05, 0.1) is 0 Å². The third-order valence-electron chi connectivity index (χ3n) is 2.49. The van der Waals surface area contributed by atoms with Crippen LogP contribution in [0.2, 0.25) is 0 Å². The van der Waals surface area contributed by atoms with Crippen LogP contribution in [0, 0.1) is 5.92 Å². The smallest absolute Gasteiger partial charge is 0.224 e. The molecule has 0 aromatic heterocycles. The summed E-state index contributed by atoms with van der Waals surface area (Å²) in [7, 11) is -3.05. The van der Waals surface area contributed by atoms with Crippen molar-refractivity contribution >= 4 is 26.0 Å². The molecular formula is C9H19BrN2O2S. The van der Waals surface area contributed by atoms with Gasteiger partial charge in [0.2, 0.25) is 10.0 Å². The topological polar surface area (TPSA) is 40.6 Å². The molecule has 6 heteroatoms. The second-order valence-electron chi connectivity index (χ2n) is 4.31. The third-order valence-corrected chi connectivity index (χ3v) is 5.65. The monoisotopic (exact) mass is 298 g/mol. The maximum atomic E-state index is 11.5. The first-order chi connectivity index (χ1) is 6.95. The fraction of sp³-hybridized carbons (Fsp3) is 1.00. The molecule has 0 spiro atoms. The Morgan fingerprint density at radius 3 is 2.13 bits per heavy atom. The minimum Gasteiger partial charge on any atom is -0.300 e. The molecule has 0 amide bonds. The van der Waals surface area contributed by atoms with Crippen LogP contribution in [0.5, 0.6) is 0 Å². The highest BCUT2D eigenvalue weighted by Crippen LogP contribution is 2.10. The molecule has 0 atom stereocenters. The normalized spacial score (nSPS) is 21.1. The van der Waals surface area contributed by atoms with Crippen LogP contribution in [-0.2, 0) is 10.0 Å². The van der Waals surface area contributed by atoms with Gasteiger partial charge in [-0.3, -0.25) is 0 Å². The molecule has 1 rings (SSSR count). The van der Waals surface area contributed by atoms with Gasteiger partial charge in [0.25, 0.3) is 0 Å². The van der Waals surface area contributed by atoms with Gasteiger partial charge in [0.1, 0.15) is 4.66 Å². The van der Waals surface area contributed by atoms with Gasteiger partial charge in [0, 0.05) is 32.7 Å². The van der Waals surface area contributed by atoms with Crippen LogP contribution >= 0.6 is 15.9 Å². The van der Waals surface area contributed by atoms with E-state index < -0.39 is 10.0 Å². The summed E-state index contributed by atoms with van der Waals surface area (Å²) < 4.78 is 24.7. The van der Waals surface area contributed by atoms with Crippen molar-refractivity contribution in [1.82, 2.24) is 9.21 Å². The number of hydrogen-bond acceptors (Lipinski definition) is 3. The van der Waals surface area contributed by atoms with E-state index in [1.807, 2.05) is 0 Å². The molecule has 0 aliphatic carbocycles. The highest BCUT2D eigenvalue weighted by Gasteiger charge is 2.25. The predicted molar refractivity (Wildman–Crippen MR) is 65.6 cm³/mol. The fourth-order valence-electron chi connectivity index (χ4n) is 1.78. The Morgan fingerprint density at radius 1 is 1.20 bits per heavy atom. The Hall–Kier alpha value is 0.350. The lowest BCUT2D eigenvalue weighted by Gasteiger charge is -2.34. The maximum Gasteiger partial charge on any atom is 0.224 e. The van der Waals surface area contributed by atoms with Gasteiger partial charge < -0.3 is 4.90 Å². The second-order valence-corrected chi connectivity index (χ2v) is 7.59. The van der Waals surface area contributed by atoms with Crippen LogP contribution in [0.25, 0.3) is 0 Å². The summed E-state index contributed by atoms with van der Waals surface area (Å²) in [5.41, 5.74) is 0. The van der Waals surface area contributed by atoms with E-state index in [9.17, 15) is 8.42 Å². The molecular weight excluding hydrogens is 280 g/mol. The number of nitrogens with zero attached hydrogens (tertiary/aromatic N) is 2. The van der Waals surface area contributed by atoms with Gasteiger partial charge in [-0.2, -0.15) is 4.31 Å². The Balaban J connectivity index is 2.43. The lowest BCUT2D eigenvalue weighted by atomic mass is 10.2. The van der Waals surface area contributed by atoms with Gasteiger partial charge in [-0.15, -0.1) is 0 Å². The summed E-state index contributed by atoms with van der Waals surface area (Å²) in [6.45, 7) is 8.38. The molecule has 15 heavy (non-hydrogen) atoms. The molecule has 1 saturated heterocycles. The number of halogens is 1. The van der Waals surface area contributed by atoms with Crippen LogP contribution < -0.4 is 0 Å². The Morgan fingerprint density at radius 2 is 1.73 bits per heavy atom. The van der Waals surface area contributed by atoms with Gasteiger partial charge in [-0.1, -0.05) is 29.8 Å². The summed E-state index contributed by atoms with van der Waals surface area (Å²) in [6.07, 6.45) is 0. The maximum absolute atomic E-state index is 11.5. The zero-order chi connectivity index (χ0) is 11.5. The molecule has 1 fully saturated rings. The molecule has 0 bridgehead atoms. The number of piperazine rings is 1. The van der Waals surface area contributed by atoms with Crippen molar-refractivity contribution in [3.8, 4) is 0 Å². The number of hydrogen-bond donors (Lipinski definition) is 0. The second kappa shape index (κ2) is 5.61. The fourth-order valence-corrected chi connectivity index (χ4v) is 3.50. The van der Waals surface area contributed by atoms with E-state index in [0.29, 0.717) is 19.0 Å². The molecule has 0 radical (unpaired) electrons. The lowest BCUT2D eigenvalue weighted by Crippen LogP contribution is -2.49. The van der Waals surface area contributed by atoms with Gasteiger partial charge in [-0.05, 0) is 5.92 Å². The highest BCUT2D eigenvalue weighted by molar-refractivity contribution is 9.10. The van der Waals surface area contributed by atoms with Crippen molar-refractivity contribution in [2.45, 2.75) is 13.8 Å². The molecule has 90 valence electrons. The minimum atomic E-state index is -3.05. The zero-order valence-corrected chi connectivity index (χ0v) is 11.7.